The first-order chi connectivity index (χ1) is 16.2. The average molecular weight is 487 g/mol. The Hall–Kier alpha value is -3.50. The van der Waals surface area contributed by atoms with Gasteiger partial charge in [-0.05, 0) is 57.0 Å². The van der Waals surface area contributed by atoms with Gasteiger partial charge in [-0.2, -0.15) is 4.98 Å². The summed E-state index contributed by atoms with van der Waals surface area (Å²) in [5.74, 6) is -0.408. The highest BCUT2D eigenvalue weighted by molar-refractivity contribution is 7.92. The summed E-state index contributed by atoms with van der Waals surface area (Å²) in [6.45, 7) is 5.41. The van der Waals surface area contributed by atoms with Crippen LogP contribution < -0.4 is 11.1 Å². The first kappa shape index (κ1) is 26.7. The predicted octanol–water partition coefficient (Wildman–Crippen LogP) is 3.38. The fraction of sp³-hybridized carbons (Fsp3) is 0.292. The molecule has 0 aliphatic rings. The number of ether oxygens (including phenoxy) is 1. The molecule has 0 amide bonds. The first-order valence-electron chi connectivity index (χ1n) is 10.7. The zero-order chi connectivity index (χ0) is 25.1. The number of aliphatic hydroxyl groups excluding tert-OH is 1. The Labute approximate surface area is 199 Å². The normalized spacial score (nSPS) is 10.9. The summed E-state index contributed by atoms with van der Waals surface area (Å²) in [4.78, 5) is 19.9. The number of carbonyl (C=O) groups is 1. The van der Waals surface area contributed by atoms with Crippen LogP contribution in [0.5, 0.6) is 0 Å². The minimum Gasteiger partial charge on any atom is -0.462 e. The molecule has 0 unspecified atom stereocenters. The van der Waals surface area contributed by atoms with Crippen molar-refractivity contribution in [3.8, 4) is 0 Å². The molecule has 0 spiro atoms. The molecule has 2 aromatic carbocycles. The molecular weight excluding hydrogens is 456 g/mol. The largest absolute Gasteiger partial charge is 0.462 e. The summed E-state index contributed by atoms with van der Waals surface area (Å²) in [7, 11) is -3.32. The number of nitrogen functional groups attached to an aromatic ring is 1. The van der Waals surface area contributed by atoms with E-state index in [4.69, 9.17) is 15.6 Å². The van der Waals surface area contributed by atoms with Crippen LogP contribution in [0, 0.1) is 0 Å². The smallest absolute Gasteiger partial charge is 0.343 e. The van der Waals surface area contributed by atoms with Gasteiger partial charge in [0.05, 0.1) is 16.8 Å². The molecule has 1 heterocycles. The summed E-state index contributed by atoms with van der Waals surface area (Å²) < 4.78 is 29.0. The molecule has 3 aromatic rings. The van der Waals surface area contributed by atoms with Crippen molar-refractivity contribution in [2.75, 3.05) is 24.3 Å². The zero-order valence-electron chi connectivity index (χ0n) is 19.4. The fourth-order valence-electron chi connectivity index (χ4n) is 2.72. The Bertz CT molecular complexity index is 1170. The lowest BCUT2D eigenvalue weighted by Crippen LogP contribution is -2.14. The van der Waals surface area contributed by atoms with Crippen LogP contribution in [-0.4, -0.2) is 47.9 Å². The maximum atomic E-state index is 12.1. The summed E-state index contributed by atoms with van der Waals surface area (Å²) in [6, 6.07) is 16.2. The summed E-state index contributed by atoms with van der Waals surface area (Å²) >= 11 is 0. The Morgan fingerprint density at radius 3 is 2.29 bits per heavy atom. The van der Waals surface area contributed by atoms with Gasteiger partial charge in [-0.15, -0.1) is 0 Å². The maximum Gasteiger partial charge on any atom is 0.343 e. The topological polar surface area (TPSA) is 144 Å². The van der Waals surface area contributed by atoms with Gasteiger partial charge >= 0.3 is 5.97 Å². The van der Waals surface area contributed by atoms with Gasteiger partial charge in [-0.1, -0.05) is 30.3 Å². The third-order valence-corrected chi connectivity index (χ3v) is 6.79. The van der Waals surface area contributed by atoms with E-state index in [2.05, 4.69) is 15.3 Å². The number of sulfone groups is 1. The Balaban J connectivity index is 0.000000379. The number of hydrogen-bond donors (Lipinski definition) is 3. The number of nitrogens with one attached hydrogen (secondary N) is 1. The Morgan fingerprint density at radius 2 is 1.76 bits per heavy atom. The average Bonchev–Trinajstić information content (AvgIpc) is 2.81. The van der Waals surface area contributed by atoms with Crippen molar-refractivity contribution >= 4 is 33.3 Å². The number of anilines is 3. The van der Waals surface area contributed by atoms with E-state index in [1.54, 1.807) is 32.9 Å². The Morgan fingerprint density at radius 1 is 1.12 bits per heavy atom. The highest BCUT2D eigenvalue weighted by atomic mass is 32.2. The molecule has 0 fully saturated rings. The van der Waals surface area contributed by atoms with E-state index in [0.717, 1.165) is 6.42 Å². The summed E-state index contributed by atoms with van der Waals surface area (Å²) in [5.41, 5.74) is 7.62. The molecule has 10 heteroatoms. The van der Waals surface area contributed by atoms with Gasteiger partial charge < -0.3 is 20.9 Å². The number of rotatable bonds is 8. The molecule has 0 saturated heterocycles. The third kappa shape index (κ3) is 7.53. The van der Waals surface area contributed by atoms with E-state index in [1.807, 2.05) is 30.3 Å². The molecule has 0 bridgehead atoms. The summed E-state index contributed by atoms with van der Waals surface area (Å²) in [5, 5.41) is 10.9. The van der Waals surface area contributed by atoms with Crippen LogP contribution in [0.25, 0.3) is 0 Å². The number of nitrogens with two attached hydrogens (primary N) is 1. The second-order valence-corrected chi connectivity index (χ2v) is 9.92. The molecule has 0 aliphatic heterocycles. The first-order valence-corrected chi connectivity index (χ1v) is 12.3. The molecule has 182 valence electrons. The van der Waals surface area contributed by atoms with Crippen molar-refractivity contribution in [3.05, 3.63) is 71.9 Å². The van der Waals surface area contributed by atoms with E-state index in [-0.39, 0.29) is 35.4 Å². The molecule has 1 aromatic heterocycles. The SMILES string of the molecule is CCOC(=O)c1cnc(Nc2ccc(S(=O)(=O)C(C)C)cc2)nc1N.OCCc1ccccc1. The van der Waals surface area contributed by atoms with Crippen molar-refractivity contribution in [2.45, 2.75) is 37.3 Å². The highest BCUT2D eigenvalue weighted by Gasteiger charge is 2.19. The second-order valence-electron chi connectivity index (χ2n) is 7.42. The monoisotopic (exact) mass is 486 g/mol. The summed E-state index contributed by atoms with van der Waals surface area (Å²) in [6.07, 6.45) is 2.04. The minimum absolute atomic E-state index is 0.00467. The standard InChI is InChI=1S/C16H20N4O4S.C8H10O/c1-4-24-15(21)13-9-18-16(20-14(13)17)19-11-5-7-12(8-6-11)25(22,23)10(2)3;9-7-6-8-4-2-1-3-5-8/h5-10H,4H2,1-3H3,(H3,17,18,19,20);1-5,9H,6-7H2. The maximum absolute atomic E-state index is 12.1. The molecule has 3 rings (SSSR count). The van der Waals surface area contributed by atoms with Gasteiger partial charge in [0.15, 0.2) is 9.84 Å². The number of esters is 1. The van der Waals surface area contributed by atoms with Gasteiger partial charge in [-0.3, -0.25) is 0 Å². The van der Waals surface area contributed by atoms with E-state index in [0.29, 0.717) is 5.69 Å². The molecule has 0 atom stereocenters. The number of nitrogens with zero attached hydrogens (tertiary/aromatic N) is 2. The third-order valence-electron chi connectivity index (χ3n) is 4.62. The van der Waals surface area contributed by atoms with Gasteiger partial charge in [0.1, 0.15) is 11.4 Å². The van der Waals surface area contributed by atoms with Gasteiger partial charge in [0, 0.05) is 18.5 Å². The van der Waals surface area contributed by atoms with Gasteiger partial charge in [0.2, 0.25) is 5.95 Å². The van der Waals surface area contributed by atoms with E-state index < -0.39 is 21.1 Å². The number of benzene rings is 2. The Kier molecular flexibility index (Phi) is 9.96. The van der Waals surface area contributed by atoms with Crippen LogP contribution in [0.2, 0.25) is 0 Å². The van der Waals surface area contributed by atoms with Crippen LogP contribution in [0.15, 0.2) is 65.7 Å². The second kappa shape index (κ2) is 12.7. The molecule has 9 nitrogen and oxygen atoms in total. The van der Waals surface area contributed by atoms with Crippen molar-refractivity contribution in [2.24, 2.45) is 0 Å². The number of aliphatic hydroxyl groups is 1. The lowest BCUT2D eigenvalue weighted by atomic mass is 10.2. The van der Waals surface area contributed by atoms with E-state index in [1.165, 1.54) is 23.9 Å². The minimum atomic E-state index is -3.32. The van der Waals surface area contributed by atoms with Crippen molar-refractivity contribution in [3.63, 3.8) is 0 Å². The van der Waals surface area contributed by atoms with Gasteiger partial charge in [0.25, 0.3) is 0 Å². The van der Waals surface area contributed by atoms with Crippen LogP contribution in [-0.2, 0) is 21.0 Å². The fourth-order valence-corrected chi connectivity index (χ4v) is 3.78. The molecule has 0 saturated carbocycles. The molecular formula is C24H30N4O5S. The van der Waals surface area contributed by atoms with Crippen LogP contribution >= 0.6 is 0 Å². The number of carbonyl (C=O) groups excluding carboxylic acids is 1. The van der Waals surface area contributed by atoms with Crippen LogP contribution in [0.3, 0.4) is 0 Å². The quantitative estimate of drug-likeness (QED) is 0.408. The molecule has 34 heavy (non-hydrogen) atoms. The zero-order valence-corrected chi connectivity index (χ0v) is 20.2. The van der Waals surface area contributed by atoms with E-state index >= 15 is 0 Å². The van der Waals surface area contributed by atoms with Crippen LogP contribution in [0.1, 0.15) is 36.7 Å². The van der Waals surface area contributed by atoms with Crippen LogP contribution in [0.4, 0.5) is 17.5 Å². The number of aromatic nitrogens is 2. The number of hydrogen-bond acceptors (Lipinski definition) is 9. The van der Waals surface area contributed by atoms with E-state index in [9.17, 15) is 13.2 Å². The predicted molar refractivity (Wildman–Crippen MR) is 132 cm³/mol. The highest BCUT2D eigenvalue weighted by Crippen LogP contribution is 2.21. The van der Waals surface area contributed by atoms with Gasteiger partial charge in [-0.25, -0.2) is 18.2 Å². The lowest BCUT2D eigenvalue weighted by Gasteiger charge is -2.10. The van der Waals surface area contributed by atoms with Crippen molar-refractivity contribution < 1.29 is 23.1 Å². The molecule has 4 N–H and O–H groups in total. The van der Waals surface area contributed by atoms with Crippen molar-refractivity contribution in [1.82, 2.24) is 9.97 Å². The molecule has 0 radical (unpaired) electrons. The lowest BCUT2D eigenvalue weighted by molar-refractivity contribution is 0.0526. The molecule has 0 aliphatic carbocycles. The van der Waals surface area contributed by atoms with Crippen molar-refractivity contribution in [1.29, 1.82) is 0 Å².